The van der Waals surface area contributed by atoms with Crippen LogP contribution in [0.15, 0.2) is 0 Å². The second-order valence-corrected chi connectivity index (χ2v) is 5.14. The predicted octanol–water partition coefficient (Wildman–Crippen LogP) is 0.278. The Morgan fingerprint density at radius 1 is 1.38 bits per heavy atom. The van der Waals surface area contributed by atoms with Crippen molar-refractivity contribution in [2.45, 2.75) is 32.2 Å². The van der Waals surface area contributed by atoms with Crippen LogP contribution in [0.5, 0.6) is 0 Å². The summed E-state index contributed by atoms with van der Waals surface area (Å²) in [6, 6.07) is 0.0724. The number of nitrogens with zero attached hydrogens (tertiary/aromatic N) is 2. The Balaban J connectivity index is 1.76. The summed E-state index contributed by atoms with van der Waals surface area (Å²) in [5.41, 5.74) is 5.79. The van der Waals surface area contributed by atoms with Crippen molar-refractivity contribution in [1.29, 1.82) is 0 Å². The molecule has 2 N–H and O–H groups in total. The van der Waals surface area contributed by atoms with E-state index in [-0.39, 0.29) is 11.9 Å². The van der Waals surface area contributed by atoms with Crippen LogP contribution in [-0.2, 0) is 4.79 Å². The maximum atomic E-state index is 11.6. The van der Waals surface area contributed by atoms with Crippen molar-refractivity contribution in [2.24, 2.45) is 11.7 Å². The molecule has 0 aliphatic carbocycles. The molecule has 0 spiro atoms. The number of nitrogens with two attached hydrogens (primary N) is 1. The van der Waals surface area contributed by atoms with E-state index >= 15 is 0 Å². The maximum Gasteiger partial charge on any atom is 0.224 e. The van der Waals surface area contributed by atoms with Gasteiger partial charge in [0, 0.05) is 25.6 Å². The molecule has 4 heteroatoms. The molecule has 2 saturated heterocycles. The highest BCUT2D eigenvalue weighted by atomic mass is 16.2. The van der Waals surface area contributed by atoms with Crippen molar-refractivity contribution < 1.29 is 4.79 Å². The third kappa shape index (κ3) is 2.74. The summed E-state index contributed by atoms with van der Waals surface area (Å²) in [5, 5.41) is 0. The summed E-state index contributed by atoms with van der Waals surface area (Å²) >= 11 is 0. The molecular formula is C12H23N3O. The first kappa shape index (κ1) is 11.9. The van der Waals surface area contributed by atoms with E-state index in [0.717, 1.165) is 19.6 Å². The normalized spacial score (nSPS) is 29.0. The summed E-state index contributed by atoms with van der Waals surface area (Å²) < 4.78 is 0. The fourth-order valence-corrected chi connectivity index (χ4v) is 2.78. The zero-order valence-electron chi connectivity index (χ0n) is 10.2. The molecule has 0 bridgehead atoms. The molecule has 2 aliphatic heterocycles. The fourth-order valence-electron chi connectivity index (χ4n) is 2.78. The van der Waals surface area contributed by atoms with Gasteiger partial charge in [-0.3, -0.25) is 4.79 Å². The van der Waals surface area contributed by atoms with E-state index in [9.17, 15) is 4.79 Å². The lowest BCUT2D eigenvalue weighted by molar-refractivity contribution is -0.128. The van der Waals surface area contributed by atoms with Gasteiger partial charge in [0.1, 0.15) is 0 Å². The van der Waals surface area contributed by atoms with E-state index in [1.54, 1.807) is 0 Å². The van der Waals surface area contributed by atoms with Gasteiger partial charge in [0.15, 0.2) is 0 Å². The number of hydrogen-bond acceptors (Lipinski definition) is 3. The van der Waals surface area contributed by atoms with Crippen molar-refractivity contribution in [3.63, 3.8) is 0 Å². The van der Waals surface area contributed by atoms with Gasteiger partial charge in [-0.2, -0.15) is 0 Å². The van der Waals surface area contributed by atoms with Crippen LogP contribution in [0.1, 0.15) is 26.2 Å². The quantitative estimate of drug-likeness (QED) is 0.750. The van der Waals surface area contributed by atoms with E-state index < -0.39 is 0 Å². The van der Waals surface area contributed by atoms with Crippen LogP contribution in [0.25, 0.3) is 0 Å². The second kappa shape index (κ2) is 5.15. The molecule has 1 amide bonds. The summed E-state index contributed by atoms with van der Waals surface area (Å²) in [7, 11) is 0. The standard InChI is InChI=1S/C12H23N3O/c1-2-14-5-3-10(4-6-14)8-15-9-11(13)7-12(15)16/h10-11H,2-9,13H2,1H3. The molecule has 92 valence electrons. The molecule has 1 unspecified atom stereocenters. The molecule has 16 heavy (non-hydrogen) atoms. The Bertz CT molecular complexity index is 249. The second-order valence-electron chi connectivity index (χ2n) is 5.14. The SMILES string of the molecule is CCN1CCC(CN2CC(N)CC2=O)CC1. The van der Waals surface area contributed by atoms with Crippen LogP contribution >= 0.6 is 0 Å². The summed E-state index contributed by atoms with van der Waals surface area (Å²) in [5.74, 6) is 0.947. The molecular weight excluding hydrogens is 202 g/mol. The Hall–Kier alpha value is -0.610. The predicted molar refractivity (Wildman–Crippen MR) is 64.0 cm³/mol. The van der Waals surface area contributed by atoms with Crippen LogP contribution in [0.3, 0.4) is 0 Å². The maximum absolute atomic E-state index is 11.6. The lowest BCUT2D eigenvalue weighted by Gasteiger charge is -2.33. The third-order valence-electron chi connectivity index (χ3n) is 3.88. The Kier molecular flexibility index (Phi) is 3.82. The van der Waals surface area contributed by atoms with Crippen molar-refractivity contribution in [1.82, 2.24) is 9.80 Å². The van der Waals surface area contributed by atoms with E-state index in [0.29, 0.717) is 12.3 Å². The summed E-state index contributed by atoms with van der Waals surface area (Å²) in [4.78, 5) is 16.1. The monoisotopic (exact) mass is 225 g/mol. The van der Waals surface area contributed by atoms with Gasteiger partial charge in [0.05, 0.1) is 0 Å². The summed E-state index contributed by atoms with van der Waals surface area (Å²) in [6.07, 6.45) is 3.01. The minimum absolute atomic E-state index is 0.0724. The highest BCUT2D eigenvalue weighted by molar-refractivity contribution is 5.79. The van der Waals surface area contributed by atoms with Crippen molar-refractivity contribution >= 4 is 5.91 Å². The van der Waals surface area contributed by atoms with Crippen LogP contribution < -0.4 is 5.73 Å². The minimum atomic E-state index is 0.0724. The molecule has 2 heterocycles. The van der Waals surface area contributed by atoms with E-state index in [4.69, 9.17) is 5.73 Å². The molecule has 2 aliphatic rings. The molecule has 2 rings (SSSR count). The van der Waals surface area contributed by atoms with Gasteiger partial charge in [-0.15, -0.1) is 0 Å². The van der Waals surface area contributed by atoms with E-state index in [1.165, 1.54) is 25.9 Å². The first-order valence-corrected chi connectivity index (χ1v) is 6.44. The number of hydrogen-bond donors (Lipinski definition) is 1. The number of likely N-dealkylation sites (tertiary alicyclic amines) is 2. The molecule has 4 nitrogen and oxygen atoms in total. The van der Waals surface area contributed by atoms with Gasteiger partial charge in [-0.25, -0.2) is 0 Å². The highest BCUT2D eigenvalue weighted by Crippen LogP contribution is 2.20. The Morgan fingerprint density at radius 2 is 2.06 bits per heavy atom. The molecule has 0 saturated carbocycles. The zero-order valence-corrected chi connectivity index (χ0v) is 10.2. The highest BCUT2D eigenvalue weighted by Gasteiger charge is 2.29. The Morgan fingerprint density at radius 3 is 2.56 bits per heavy atom. The van der Waals surface area contributed by atoms with Gasteiger partial charge in [-0.05, 0) is 38.4 Å². The number of rotatable bonds is 3. The Labute approximate surface area is 97.8 Å². The molecule has 0 aromatic carbocycles. The van der Waals surface area contributed by atoms with E-state index in [1.807, 2.05) is 4.90 Å². The summed E-state index contributed by atoms with van der Waals surface area (Å²) in [6.45, 7) is 7.45. The molecule has 0 aromatic heterocycles. The van der Waals surface area contributed by atoms with Crippen LogP contribution in [0.2, 0.25) is 0 Å². The van der Waals surface area contributed by atoms with Gasteiger partial charge < -0.3 is 15.5 Å². The lowest BCUT2D eigenvalue weighted by atomic mass is 9.96. The smallest absolute Gasteiger partial charge is 0.224 e. The molecule has 0 radical (unpaired) electrons. The lowest BCUT2D eigenvalue weighted by Crippen LogP contribution is -2.39. The van der Waals surface area contributed by atoms with E-state index in [2.05, 4.69) is 11.8 Å². The topological polar surface area (TPSA) is 49.6 Å². The largest absolute Gasteiger partial charge is 0.341 e. The fraction of sp³-hybridized carbons (Fsp3) is 0.917. The van der Waals surface area contributed by atoms with Gasteiger partial charge in [0.25, 0.3) is 0 Å². The molecule has 1 atom stereocenters. The van der Waals surface area contributed by atoms with Crippen molar-refractivity contribution in [3.8, 4) is 0 Å². The number of carbonyl (C=O) groups excluding carboxylic acids is 1. The minimum Gasteiger partial charge on any atom is -0.341 e. The van der Waals surface area contributed by atoms with Gasteiger partial charge in [-0.1, -0.05) is 6.92 Å². The van der Waals surface area contributed by atoms with Crippen molar-refractivity contribution in [2.75, 3.05) is 32.7 Å². The average molecular weight is 225 g/mol. The van der Waals surface area contributed by atoms with Crippen LogP contribution in [-0.4, -0.2) is 54.5 Å². The number of piperidine rings is 1. The van der Waals surface area contributed by atoms with Gasteiger partial charge in [0.2, 0.25) is 5.91 Å². The number of carbonyl (C=O) groups is 1. The van der Waals surface area contributed by atoms with Crippen LogP contribution in [0, 0.1) is 5.92 Å². The molecule has 2 fully saturated rings. The van der Waals surface area contributed by atoms with Gasteiger partial charge >= 0.3 is 0 Å². The average Bonchev–Trinajstić information content (AvgIpc) is 2.59. The first-order valence-electron chi connectivity index (χ1n) is 6.44. The third-order valence-corrected chi connectivity index (χ3v) is 3.88. The van der Waals surface area contributed by atoms with Crippen LogP contribution in [0.4, 0.5) is 0 Å². The first-order chi connectivity index (χ1) is 7.69. The molecule has 0 aromatic rings. The number of amides is 1. The zero-order chi connectivity index (χ0) is 11.5. The van der Waals surface area contributed by atoms with Crippen molar-refractivity contribution in [3.05, 3.63) is 0 Å².